The Morgan fingerprint density at radius 3 is 2.67 bits per heavy atom. The number of fused-ring (bicyclic) bond motifs is 3. The second-order valence-corrected chi connectivity index (χ2v) is 9.54. The molecule has 5 heteroatoms. The number of rotatable bonds is 8. The van der Waals surface area contributed by atoms with E-state index in [1.807, 2.05) is 25.1 Å². The van der Waals surface area contributed by atoms with Crippen molar-refractivity contribution < 1.29 is 14.3 Å². The van der Waals surface area contributed by atoms with E-state index in [0.717, 1.165) is 29.9 Å². The average Bonchev–Trinajstić information content (AvgIpc) is 2.97. The Balaban J connectivity index is 1.71. The smallest absolute Gasteiger partial charge is 0.223 e. The summed E-state index contributed by atoms with van der Waals surface area (Å²) in [7, 11) is 0. The summed E-state index contributed by atoms with van der Waals surface area (Å²) in [5.41, 5.74) is 3.78. The standard InChI is InChI=1S/C28H36N2O3/c1-6-8-17-33-24-12-10-21(19-25(24)32-7-2)13-15-28-27(4,5)22-18-20(3)9-11-23(22)30(28)16-14-26(31)29-28/h9-13,15,18-19H,6-8,14,16-17H2,1-5H3,(H,29,31)/b15-13+/t28-/m1/s1. The van der Waals surface area contributed by atoms with Gasteiger partial charge in [-0.2, -0.15) is 0 Å². The zero-order chi connectivity index (χ0) is 23.6. The topological polar surface area (TPSA) is 50.8 Å². The van der Waals surface area contributed by atoms with Crippen LogP contribution in [0.1, 0.15) is 63.6 Å². The molecule has 1 atom stereocenters. The van der Waals surface area contributed by atoms with Crippen molar-refractivity contribution in [2.45, 2.75) is 65.0 Å². The predicted molar refractivity (Wildman–Crippen MR) is 134 cm³/mol. The molecule has 0 spiro atoms. The van der Waals surface area contributed by atoms with Crippen LogP contribution in [0.5, 0.6) is 11.5 Å². The summed E-state index contributed by atoms with van der Waals surface area (Å²) in [6.45, 7) is 12.6. The SMILES string of the molecule is CCCCOc1ccc(/C=C/[C@@]23NC(=O)CCN2c2ccc(C)cc2C3(C)C)cc1OCC. The molecule has 2 aromatic carbocycles. The number of unbranched alkanes of at least 4 members (excludes halogenated alkanes) is 1. The average molecular weight is 449 g/mol. The van der Waals surface area contributed by atoms with Gasteiger partial charge >= 0.3 is 0 Å². The maximum Gasteiger partial charge on any atom is 0.223 e. The van der Waals surface area contributed by atoms with Crippen LogP contribution in [-0.4, -0.2) is 31.3 Å². The highest BCUT2D eigenvalue weighted by atomic mass is 16.5. The number of nitrogens with zero attached hydrogens (tertiary/aromatic N) is 1. The molecule has 0 radical (unpaired) electrons. The van der Waals surface area contributed by atoms with Crippen LogP contribution in [0.2, 0.25) is 0 Å². The largest absolute Gasteiger partial charge is 0.490 e. The minimum absolute atomic E-state index is 0.0863. The lowest BCUT2D eigenvalue weighted by Gasteiger charge is -2.49. The van der Waals surface area contributed by atoms with E-state index in [4.69, 9.17) is 9.47 Å². The Morgan fingerprint density at radius 1 is 1.09 bits per heavy atom. The number of carbonyl (C=O) groups excluding carboxylic acids is 1. The van der Waals surface area contributed by atoms with E-state index in [9.17, 15) is 4.79 Å². The second-order valence-electron chi connectivity index (χ2n) is 9.54. The van der Waals surface area contributed by atoms with Gasteiger partial charge in [-0.15, -0.1) is 0 Å². The number of benzene rings is 2. The van der Waals surface area contributed by atoms with Gasteiger partial charge in [0.2, 0.25) is 5.91 Å². The third-order valence-corrected chi connectivity index (χ3v) is 6.93. The maximum absolute atomic E-state index is 12.6. The first-order valence-corrected chi connectivity index (χ1v) is 12.1. The van der Waals surface area contributed by atoms with E-state index in [2.05, 4.69) is 68.3 Å². The highest BCUT2D eigenvalue weighted by molar-refractivity contribution is 5.84. The second kappa shape index (κ2) is 9.12. The van der Waals surface area contributed by atoms with Gasteiger partial charge in [0.25, 0.3) is 0 Å². The van der Waals surface area contributed by atoms with Crippen LogP contribution in [0.4, 0.5) is 5.69 Å². The summed E-state index contributed by atoms with van der Waals surface area (Å²) in [6.07, 6.45) is 6.85. The van der Waals surface area contributed by atoms with Crippen LogP contribution in [0.25, 0.3) is 6.08 Å². The van der Waals surface area contributed by atoms with Crippen molar-refractivity contribution in [1.82, 2.24) is 5.32 Å². The fourth-order valence-corrected chi connectivity index (χ4v) is 5.03. The first-order valence-electron chi connectivity index (χ1n) is 12.1. The number of nitrogens with one attached hydrogen (secondary N) is 1. The fourth-order valence-electron chi connectivity index (χ4n) is 5.03. The number of carbonyl (C=O) groups is 1. The summed E-state index contributed by atoms with van der Waals surface area (Å²) >= 11 is 0. The van der Waals surface area contributed by atoms with Gasteiger partial charge in [0, 0.05) is 24.1 Å². The van der Waals surface area contributed by atoms with Gasteiger partial charge in [0.15, 0.2) is 11.5 Å². The van der Waals surface area contributed by atoms with Crippen LogP contribution >= 0.6 is 0 Å². The van der Waals surface area contributed by atoms with Crippen molar-refractivity contribution in [3.8, 4) is 11.5 Å². The molecule has 0 saturated carbocycles. The molecule has 5 nitrogen and oxygen atoms in total. The summed E-state index contributed by atoms with van der Waals surface area (Å²) in [6, 6.07) is 12.6. The zero-order valence-electron chi connectivity index (χ0n) is 20.5. The third kappa shape index (κ3) is 4.09. The van der Waals surface area contributed by atoms with Crippen molar-refractivity contribution in [1.29, 1.82) is 0 Å². The molecule has 176 valence electrons. The van der Waals surface area contributed by atoms with Crippen LogP contribution in [0, 0.1) is 6.92 Å². The summed E-state index contributed by atoms with van der Waals surface area (Å²) in [5.74, 6) is 1.61. The lowest BCUT2D eigenvalue weighted by Crippen LogP contribution is -2.68. The minimum Gasteiger partial charge on any atom is -0.490 e. The molecule has 1 fully saturated rings. The van der Waals surface area contributed by atoms with E-state index in [-0.39, 0.29) is 11.3 Å². The molecule has 1 amide bonds. The van der Waals surface area contributed by atoms with Gasteiger partial charge in [-0.3, -0.25) is 4.79 Å². The summed E-state index contributed by atoms with van der Waals surface area (Å²) in [5, 5.41) is 3.35. The quantitative estimate of drug-likeness (QED) is 0.534. The fraction of sp³-hybridized carbons (Fsp3) is 0.464. The van der Waals surface area contributed by atoms with E-state index in [1.165, 1.54) is 16.8 Å². The van der Waals surface area contributed by atoms with Crippen LogP contribution in [0.15, 0.2) is 42.5 Å². The minimum atomic E-state index is -0.624. The van der Waals surface area contributed by atoms with Gasteiger partial charge in [-0.1, -0.05) is 57.0 Å². The Kier molecular flexibility index (Phi) is 6.42. The molecule has 0 aromatic heterocycles. The normalized spacial score (nSPS) is 21.0. The highest BCUT2D eigenvalue weighted by Crippen LogP contribution is 2.52. The lowest BCUT2D eigenvalue weighted by atomic mass is 9.74. The number of aryl methyl sites for hydroxylation is 1. The number of ether oxygens (including phenoxy) is 2. The molecule has 2 aromatic rings. The van der Waals surface area contributed by atoms with Gasteiger partial charge in [0.1, 0.15) is 5.66 Å². The molecule has 1 N–H and O–H groups in total. The molecule has 0 aliphatic carbocycles. The van der Waals surface area contributed by atoms with Crippen LogP contribution < -0.4 is 19.7 Å². The van der Waals surface area contributed by atoms with Crippen molar-refractivity contribution >= 4 is 17.7 Å². The van der Waals surface area contributed by atoms with Crippen LogP contribution in [0.3, 0.4) is 0 Å². The van der Waals surface area contributed by atoms with Crippen molar-refractivity contribution in [3.05, 3.63) is 59.2 Å². The van der Waals surface area contributed by atoms with Crippen LogP contribution in [-0.2, 0) is 10.2 Å². The molecule has 0 bridgehead atoms. The maximum atomic E-state index is 12.6. The molecule has 2 aliphatic heterocycles. The highest BCUT2D eigenvalue weighted by Gasteiger charge is 2.57. The van der Waals surface area contributed by atoms with Crippen molar-refractivity contribution in [2.24, 2.45) is 0 Å². The monoisotopic (exact) mass is 448 g/mol. The molecule has 33 heavy (non-hydrogen) atoms. The third-order valence-electron chi connectivity index (χ3n) is 6.93. The van der Waals surface area contributed by atoms with E-state index < -0.39 is 5.66 Å². The molecule has 4 rings (SSSR count). The Hall–Kier alpha value is -2.95. The molecular formula is C28H36N2O3. The van der Waals surface area contributed by atoms with Crippen molar-refractivity contribution in [3.63, 3.8) is 0 Å². The van der Waals surface area contributed by atoms with Crippen molar-refractivity contribution in [2.75, 3.05) is 24.7 Å². The molecular weight excluding hydrogens is 412 g/mol. The Bertz CT molecular complexity index is 1060. The number of hydrogen-bond acceptors (Lipinski definition) is 4. The Labute approximate surface area is 197 Å². The molecule has 2 aliphatic rings. The molecule has 2 heterocycles. The summed E-state index contributed by atoms with van der Waals surface area (Å²) < 4.78 is 11.8. The van der Waals surface area contributed by atoms with Gasteiger partial charge < -0.3 is 19.7 Å². The molecule has 0 unspecified atom stereocenters. The van der Waals surface area contributed by atoms with Gasteiger partial charge in [-0.05, 0) is 55.7 Å². The number of hydrogen-bond donors (Lipinski definition) is 1. The zero-order valence-corrected chi connectivity index (χ0v) is 20.5. The van der Waals surface area contributed by atoms with Gasteiger partial charge in [0.05, 0.1) is 13.2 Å². The Morgan fingerprint density at radius 2 is 1.91 bits per heavy atom. The van der Waals surface area contributed by atoms with E-state index >= 15 is 0 Å². The van der Waals surface area contributed by atoms with E-state index in [0.29, 0.717) is 26.2 Å². The van der Waals surface area contributed by atoms with Gasteiger partial charge in [-0.25, -0.2) is 0 Å². The summed E-state index contributed by atoms with van der Waals surface area (Å²) in [4.78, 5) is 15.0. The van der Waals surface area contributed by atoms with E-state index in [1.54, 1.807) is 0 Å². The predicted octanol–water partition coefficient (Wildman–Crippen LogP) is 5.60. The lowest BCUT2D eigenvalue weighted by molar-refractivity contribution is -0.124. The first-order chi connectivity index (χ1) is 15.8. The molecule has 1 saturated heterocycles. The number of anilines is 1. The number of amides is 1. The first kappa shape index (κ1) is 23.2.